The van der Waals surface area contributed by atoms with Crippen molar-refractivity contribution >= 4 is 23.8 Å². The Bertz CT molecular complexity index is 813. The second-order valence-electron chi connectivity index (χ2n) is 9.41. The SMILES string of the molecule is CCCCCCCCCCCC(=O)OCC(O)C(OCC)C1O[C@H](C(=O)O)CC(N=C(N)N)=C1NC(C)=O. The van der Waals surface area contributed by atoms with E-state index in [9.17, 15) is 24.6 Å². The zero-order valence-corrected chi connectivity index (χ0v) is 22.9. The number of guanidine groups is 1. The van der Waals surface area contributed by atoms with Crippen LogP contribution in [0.1, 0.15) is 91.4 Å². The number of aliphatic hydroxyl groups excluding tert-OH is 1. The second-order valence-corrected chi connectivity index (χ2v) is 9.41. The van der Waals surface area contributed by atoms with Gasteiger partial charge < -0.3 is 41.2 Å². The molecule has 1 rings (SSSR count). The molecule has 4 atom stereocenters. The van der Waals surface area contributed by atoms with Crippen molar-refractivity contribution in [2.75, 3.05) is 13.2 Å². The number of ether oxygens (including phenoxy) is 3. The third kappa shape index (κ3) is 12.7. The number of nitrogens with two attached hydrogens (primary N) is 2. The van der Waals surface area contributed by atoms with Gasteiger partial charge in [0, 0.05) is 26.4 Å². The molecule has 0 saturated heterocycles. The smallest absolute Gasteiger partial charge is 0.333 e. The second kappa shape index (κ2) is 18.5. The Hall–Kier alpha value is -2.70. The molecule has 12 nitrogen and oxygen atoms in total. The van der Waals surface area contributed by atoms with E-state index in [2.05, 4.69) is 17.2 Å². The fourth-order valence-electron chi connectivity index (χ4n) is 4.24. The Kier molecular flexibility index (Phi) is 16.3. The molecule has 0 fully saturated rings. The molecular weight excluding hydrogens is 496 g/mol. The molecule has 0 aromatic heterocycles. The van der Waals surface area contributed by atoms with Crippen LogP contribution in [0.15, 0.2) is 16.4 Å². The first-order valence-electron chi connectivity index (χ1n) is 13.5. The third-order valence-corrected chi connectivity index (χ3v) is 6.07. The summed E-state index contributed by atoms with van der Waals surface area (Å²) in [5, 5.41) is 23.0. The van der Waals surface area contributed by atoms with E-state index >= 15 is 0 Å². The molecule has 218 valence electrons. The first kappa shape index (κ1) is 33.3. The fraction of sp³-hybridized carbons (Fsp3) is 0.769. The molecule has 0 aromatic carbocycles. The van der Waals surface area contributed by atoms with E-state index < -0.39 is 48.9 Å². The Morgan fingerprint density at radius 3 is 2.21 bits per heavy atom. The number of carbonyl (C=O) groups excluding carboxylic acids is 2. The summed E-state index contributed by atoms with van der Waals surface area (Å²) in [5.41, 5.74) is 11.2. The summed E-state index contributed by atoms with van der Waals surface area (Å²) in [6, 6.07) is 0. The van der Waals surface area contributed by atoms with Gasteiger partial charge in [-0.25, -0.2) is 9.79 Å². The molecule has 0 saturated carbocycles. The van der Waals surface area contributed by atoms with Crippen molar-refractivity contribution in [2.24, 2.45) is 16.5 Å². The summed E-state index contributed by atoms with van der Waals surface area (Å²) < 4.78 is 16.6. The number of rotatable bonds is 19. The largest absolute Gasteiger partial charge is 0.479 e. The number of carbonyl (C=O) groups is 3. The number of hydrogen-bond donors (Lipinski definition) is 5. The molecule has 1 aliphatic rings. The minimum atomic E-state index is -1.39. The lowest BCUT2D eigenvalue weighted by Gasteiger charge is -2.37. The van der Waals surface area contributed by atoms with Gasteiger partial charge in [-0.1, -0.05) is 58.3 Å². The van der Waals surface area contributed by atoms with E-state index in [1.54, 1.807) is 6.92 Å². The van der Waals surface area contributed by atoms with Gasteiger partial charge in [0.15, 0.2) is 12.1 Å². The van der Waals surface area contributed by atoms with Crippen molar-refractivity contribution in [3.05, 3.63) is 11.4 Å². The molecular formula is C26H46N4O8. The summed E-state index contributed by atoms with van der Waals surface area (Å²) in [5.74, 6) is -2.55. The summed E-state index contributed by atoms with van der Waals surface area (Å²) in [4.78, 5) is 39.8. The number of aliphatic hydroxyl groups is 1. The Morgan fingerprint density at radius 2 is 1.68 bits per heavy atom. The number of aliphatic carboxylic acids is 1. The topological polar surface area (TPSA) is 196 Å². The van der Waals surface area contributed by atoms with Crippen LogP contribution in [0.25, 0.3) is 0 Å². The highest BCUT2D eigenvalue weighted by atomic mass is 16.6. The van der Waals surface area contributed by atoms with E-state index in [1.165, 1.54) is 39.0 Å². The highest BCUT2D eigenvalue weighted by Crippen LogP contribution is 2.30. The average Bonchev–Trinajstić information content (AvgIpc) is 2.85. The zero-order valence-electron chi connectivity index (χ0n) is 22.9. The molecule has 0 aromatic rings. The number of carboxylic acids is 1. The van der Waals surface area contributed by atoms with Crippen molar-refractivity contribution in [2.45, 2.75) is 116 Å². The van der Waals surface area contributed by atoms with Gasteiger partial charge in [0.1, 0.15) is 24.9 Å². The molecule has 0 radical (unpaired) electrons. The van der Waals surface area contributed by atoms with E-state index in [4.69, 9.17) is 25.7 Å². The Morgan fingerprint density at radius 1 is 1.08 bits per heavy atom. The quantitative estimate of drug-likeness (QED) is 0.0697. The van der Waals surface area contributed by atoms with Gasteiger partial charge in [0.2, 0.25) is 5.91 Å². The standard InChI is InChI=1S/C26H46N4O8/c1-4-6-7-8-9-10-11-12-13-14-21(33)37-16-19(32)23(36-5-2)24-22(29-17(3)31)18(30-26(27)28)15-20(38-24)25(34)35/h19-20,23-24,32H,4-16H2,1-3H3,(H,29,31)(H,34,35)(H4,27,28,30)/t19?,20-,23?,24?/m0/s1. The monoisotopic (exact) mass is 542 g/mol. The molecule has 1 heterocycles. The molecule has 38 heavy (non-hydrogen) atoms. The molecule has 0 bridgehead atoms. The number of hydrogen-bond acceptors (Lipinski definition) is 8. The Balaban J connectivity index is 2.79. The Labute approximate surface area is 225 Å². The summed E-state index contributed by atoms with van der Waals surface area (Å²) in [6.45, 7) is 4.84. The fourth-order valence-corrected chi connectivity index (χ4v) is 4.24. The molecule has 0 aliphatic carbocycles. The first-order chi connectivity index (χ1) is 18.1. The maximum Gasteiger partial charge on any atom is 0.333 e. The van der Waals surface area contributed by atoms with Crippen LogP contribution in [0.5, 0.6) is 0 Å². The highest BCUT2D eigenvalue weighted by Gasteiger charge is 2.42. The van der Waals surface area contributed by atoms with Gasteiger partial charge in [0.25, 0.3) is 0 Å². The normalized spacial score (nSPS) is 18.9. The maximum absolute atomic E-state index is 12.2. The lowest BCUT2D eigenvalue weighted by molar-refractivity contribution is -0.173. The van der Waals surface area contributed by atoms with Crippen LogP contribution in [0.2, 0.25) is 0 Å². The van der Waals surface area contributed by atoms with Crippen LogP contribution in [-0.2, 0) is 28.6 Å². The van der Waals surface area contributed by atoms with Crippen molar-refractivity contribution in [1.29, 1.82) is 0 Å². The zero-order chi connectivity index (χ0) is 28.5. The summed E-state index contributed by atoms with van der Waals surface area (Å²) in [7, 11) is 0. The summed E-state index contributed by atoms with van der Waals surface area (Å²) >= 11 is 0. The van der Waals surface area contributed by atoms with Crippen LogP contribution in [0, 0.1) is 0 Å². The lowest BCUT2D eigenvalue weighted by atomic mass is 9.97. The third-order valence-electron chi connectivity index (χ3n) is 6.07. The molecule has 7 N–H and O–H groups in total. The van der Waals surface area contributed by atoms with Crippen molar-refractivity contribution in [3.63, 3.8) is 0 Å². The molecule has 3 unspecified atom stereocenters. The van der Waals surface area contributed by atoms with Gasteiger partial charge >= 0.3 is 11.9 Å². The molecule has 1 aliphatic heterocycles. The van der Waals surface area contributed by atoms with Gasteiger partial charge in [0.05, 0.1) is 11.4 Å². The number of esters is 1. The van der Waals surface area contributed by atoms with Gasteiger partial charge in [-0.05, 0) is 13.3 Å². The van der Waals surface area contributed by atoms with Gasteiger partial charge in [-0.2, -0.15) is 0 Å². The number of nitrogens with one attached hydrogen (secondary N) is 1. The predicted molar refractivity (Wildman–Crippen MR) is 142 cm³/mol. The van der Waals surface area contributed by atoms with Crippen LogP contribution in [-0.4, -0.2) is 71.6 Å². The molecule has 12 heteroatoms. The van der Waals surface area contributed by atoms with Crippen molar-refractivity contribution in [3.8, 4) is 0 Å². The first-order valence-corrected chi connectivity index (χ1v) is 13.5. The maximum atomic E-state index is 12.2. The lowest BCUT2D eigenvalue weighted by Crippen LogP contribution is -2.52. The van der Waals surface area contributed by atoms with Crippen LogP contribution < -0.4 is 16.8 Å². The summed E-state index contributed by atoms with van der Waals surface area (Å²) in [6.07, 6.45) is 4.90. The number of amides is 1. The number of unbranched alkanes of at least 4 members (excludes halogenated alkanes) is 8. The van der Waals surface area contributed by atoms with Gasteiger partial charge in [-0.3, -0.25) is 9.59 Å². The van der Waals surface area contributed by atoms with Crippen molar-refractivity contribution < 1.29 is 38.8 Å². The van der Waals surface area contributed by atoms with Crippen LogP contribution >= 0.6 is 0 Å². The van der Waals surface area contributed by atoms with E-state index in [-0.39, 0.29) is 36.8 Å². The van der Waals surface area contributed by atoms with E-state index in [0.29, 0.717) is 6.42 Å². The van der Waals surface area contributed by atoms with E-state index in [1.807, 2.05) is 0 Å². The van der Waals surface area contributed by atoms with Crippen LogP contribution in [0.4, 0.5) is 0 Å². The predicted octanol–water partition coefficient (Wildman–Crippen LogP) is 2.08. The number of carboxylic acid groups (broad SMARTS) is 1. The number of nitrogens with zero attached hydrogens (tertiary/aromatic N) is 1. The molecule has 1 amide bonds. The minimum Gasteiger partial charge on any atom is -0.479 e. The average molecular weight is 543 g/mol. The minimum absolute atomic E-state index is 0.0712. The van der Waals surface area contributed by atoms with Gasteiger partial charge in [-0.15, -0.1) is 0 Å². The number of aliphatic imine (C=N–C) groups is 1. The molecule has 0 spiro atoms. The van der Waals surface area contributed by atoms with E-state index in [0.717, 1.165) is 19.3 Å². The highest BCUT2D eigenvalue weighted by molar-refractivity contribution is 5.79. The van der Waals surface area contributed by atoms with Crippen molar-refractivity contribution in [1.82, 2.24) is 5.32 Å². The van der Waals surface area contributed by atoms with Crippen LogP contribution in [0.3, 0.4) is 0 Å².